The number of hydrogen-bond donors (Lipinski definition) is 0. The summed E-state index contributed by atoms with van der Waals surface area (Å²) in [6.07, 6.45) is 2.82. The van der Waals surface area contributed by atoms with Crippen molar-refractivity contribution in [2.75, 3.05) is 0 Å². The van der Waals surface area contributed by atoms with Crippen molar-refractivity contribution in [3.8, 4) is 0 Å². The molecule has 0 saturated heterocycles. The molecule has 0 nitrogen and oxygen atoms in total. The molecule has 0 spiro atoms. The van der Waals surface area contributed by atoms with Gasteiger partial charge in [0.25, 0.3) is 0 Å². The molecule has 0 bridgehead atoms. The fourth-order valence-corrected chi connectivity index (χ4v) is 3.77. The van der Waals surface area contributed by atoms with E-state index in [1.165, 1.54) is 12.8 Å². The minimum atomic E-state index is 0.646. The van der Waals surface area contributed by atoms with Crippen LogP contribution in [-0.2, 0) is 0 Å². The van der Waals surface area contributed by atoms with E-state index in [4.69, 9.17) is 0 Å². The summed E-state index contributed by atoms with van der Waals surface area (Å²) >= 11 is 0. The van der Waals surface area contributed by atoms with Gasteiger partial charge in [-0.1, -0.05) is 54.9 Å². The Morgan fingerprint density at radius 3 is 1.87 bits per heavy atom. The summed E-state index contributed by atoms with van der Waals surface area (Å²) in [6.45, 7) is 16.9. The van der Waals surface area contributed by atoms with E-state index in [0.29, 0.717) is 5.41 Å². The van der Waals surface area contributed by atoms with E-state index in [0.717, 1.165) is 29.6 Å². The SMILES string of the molecule is CCC1C(CC(C)C)C1(C)C(C)C(C)C. The van der Waals surface area contributed by atoms with Gasteiger partial charge in [0.1, 0.15) is 0 Å². The van der Waals surface area contributed by atoms with E-state index < -0.39 is 0 Å². The summed E-state index contributed by atoms with van der Waals surface area (Å²) in [5.74, 6) is 4.58. The molecular weight excluding hydrogens is 180 g/mol. The Bertz CT molecular complexity index is 204. The molecule has 0 N–H and O–H groups in total. The molecule has 0 amide bonds. The van der Waals surface area contributed by atoms with Gasteiger partial charge in [0.2, 0.25) is 0 Å². The molecule has 1 rings (SSSR count). The van der Waals surface area contributed by atoms with Crippen LogP contribution >= 0.6 is 0 Å². The lowest BCUT2D eigenvalue weighted by Gasteiger charge is -2.26. The first-order chi connectivity index (χ1) is 6.85. The topological polar surface area (TPSA) is 0 Å². The van der Waals surface area contributed by atoms with E-state index in [-0.39, 0.29) is 0 Å². The average Bonchev–Trinajstić information content (AvgIpc) is 2.69. The Hall–Kier alpha value is 0. The maximum Gasteiger partial charge on any atom is -0.0235 e. The predicted molar refractivity (Wildman–Crippen MR) is 68.8 cm³/mol. The quantitative estimate of drug-likeness (QED) is 0.600. The summed E-state index contributed by atoms with van der Waals surface area (Å²) in [4.78, 5) is 0. The highest BCUT2D eigenvalue weighted by molar-refractivity contribution is 5.09. The van der Waals surface area contributed by atoms with Gasteiger partial charge in [-0.3, -0.25) is 0 Å². The van der Waals surface area contributed by atoms with Crippen molar-refractivity contribution in [1.82, 2.24) is 0 Å². The van der Waals surface area contributed by atoms with Crippen LogP contribution in [0.15, 0.2) is 0 Å². The molecule has 1 aliphatic carbocycles. The van der Waals surface area contributed by atoms with Crippen molar-refractivity contribution in [2.45, 2.75) is 61.3 Å². The third-order valence-corrected chi connectivity index (χ3v) is 5.12. The molecule has 15 heavy (non-hydrogen) atoms. The molecule has 1 fully saturated rings. The zero-order chi connectivity index (χ0) is 11.8. The van der Waals surface area contributed by atoms with Gasteiger partial charge in [0, 0.05) is 0 Å². The Morgan fingerprint density at radius 2 is 1.53 bits per heavy atom. The molecule has 0 aromatic carbocycles. The van der Waals surface area contributed by atoms with Crippen LogP contribution in [0.1, 0.15) is 61.3 Å². The van der Waals surface area contributed by atoms with Crippen molar-refractivity contribution in [3.05, 3.63) is 0 Å². The van der Waals surface area contributed by atoms with Crippen molar-refractivity contribution in [1.29, 1.82) is 0 Å². The molecule has 1 saturated carbocycles. The van der Waals surface area contributed by atoms with Gasteiger partial charge in [-0.15, -0.1) is 0 Å². The van der Waals surface area contributed by atoms with Crippen LogP contribution in [0.25, 0.3) is 0 Å². The molecular formula is C15H30. The first-order valence-corrected chi connectivity index (χ1v) is 6.85. The second-order valence-electron chi connectivity index (χ2n) is 6.65. The number of hydrogen-bond acceptors (Lipinski definition) is 0. The predicted octanol–water partition coefficient (Wildman–Crippen LogP) is 4.99. The molecule has 0 radical (unpaired) electrons. The van der Waals surface area contributed by atoms with E-state index in [2.05, 4.69) is 48.5 Å². The minimum Gasteiger partial charge on any atom is -0.0651 e. The van der Waals surface area contributed by atoms with E-state index in [9.17, 15) is 0 Å². The number of rotatable bonds is 5. The smallest absolute Gasteiger partial charge is 0.0235 e. The summed E-state index contributed by atoms with van der Waals surface area (Å²) in [5.41, 5.74) is 0.646. The molecule has 0 aromatic rings. The molecule has 4 unspecified atom stereocenters. The van der Waals surface area contributed by atoms with E-state index in [1.807, 2.05) is 0 Å². The molecule has 0 heteroatoms. The van der Waals surface area contributed by atoms with Gasteiger partial charge in [-0.05, 0) is 41.4 Å². The maximum absolute atomic E-state index is 2.54. The minimum absolute atomic E-state index is 0.646. The van der Waals surface area contributed by atoms with Crippen LogP contribution in [0.2, 0.25) is 0 Å². The molecule has 1 aliphatic rings. The van der Waals surface area contributed by atoms with Crippen LogP contribution in [0.3, 0.4) is 0 Å². The summed E-state index contributed by atoms with van der Waals surface area (Å²) in [6, 6.07) is 0. The van der Waals surface area contributed by atoms with Gasteiger partial charge in [0.15, 0.2) is 0 Å². The monoisotopic (exact) mass is 210 g/mol. The Kier molecular flexibility index (Phi) is 3.90. The summed E-state index contributed by atoms with van der Waals surface area (Å²) < 4.78 is 0. The molecule has 0 aliphatic heterocycles. The van der Waals surface area contributed by atoms with Crippen LogP contribution in [-0.4, -0.2) is 0 Å². The van der Waals surface area contributed by atoms with Gasteiger partial charge in [0.05, 0.1) is 0 Å². The second-order valence-corrected chi connectivity index (χ2v) is 6.65. The van der Waals surface area contributed by atoms with Crippen LogP contribution in [0, 0.1) is 35.0 Å². The summed E-state index contributed by atoms with van der Waals surface area (Å²) in [7, 11) is 0. The van der Waals surface area contributed by atoms with Gasteiger partial charge >= 0.3 is 0 Å². The fraction of sp³-hybridized carbons (Fsp3) is 1.00. The maximum atomic E-state index is 2.54. The van der Waals surface area contributed by atoms with Crippen LogP contribution < -0.4 is 0 Å². The van der Waals surface area contributed by atoms with Crippen molar-refractivity contribution >= 4 is 0 Å². The van der Waals surface area contributed by atoms with Crippen molar-refractivity contribution < 1.29 is 0 Å². The Balaban J connectivity index is 2.68. The first kappa shape index (κ1) is 13.1. The van der Waals surface area contributed by atoms with Crippen molar-refractivity contribution in [2.24, 2.45) is 35.0 Å². The third kappa shape index (κ3) is 2.24. The summed E-state index contributed by atoms with van der Waals surface area (Å²) in [5, 5.41) is 0. The Morgan fingerprint density at radius 1 is 1.00 bits per heavy atom. The standard InChI is InChI=1S/C15H30/c1-8-13-14(9-10(2)3)15(13,7)12(6)11(4)5/h10-14H,8-9H2,1-7H3. The van der Waals surface area contributed by atoms with Gasteiger partial charge in [-0.25, -0.2) is 0 Å². The second kappa shape index (κ2) is 4.47. The molecule has 90 valence electrons. The van der Waals surface area contributed by atoms with E-state index in [1.54, 1.807) is 0 Å². The Labute approximate surface area is 96.8 Å². The van der Waals surface area contributed by atoms with Crippen LogP contribution in [0.4, 0.5) is 0 Å². The lowest BCUT2D eigenvalue weighted by molar-refractivity contribution is 0.231. The molecule has 4 atom stereocenters. The normalized spacial score (nSPS) is 37.4. The first-order valence-electron chi connectivity index (χ1n) is 6.85. The zero-order valence-electron chi connectivity index (χ0n) is 11.8. The largest absolute Gasteiger partial charge is 0.0651 e. The zero-order valence-corrected chi connectivity index (χ0v) is 11.8. The fourth-order valence-electron chi connectivity index (χ4n) is 3.77. The average molecular weight is 210 g/mol. The lowest BCUT2D eigenvalue weighted by Crippen LogP contribution is -2.19. The highest BCUT2D eigenvalue weighted by Crippen LogP contribution is 2.67. The lowest BCUT2D eigenvalue weighted by atomic mass is 9.79. The van der Waals surface area contributed by atoms with Crippen LogP contribution in [0.5, 0.6) is 0 Å². The third-order valence-electron chi connectivity index (χ3n) is 5.12. The molecule has 0 aromatic heterocycles. The van der Waals surface area contributed by atoms with Gasteiger partial charge < -0.3 is 0 Å². The highest BCUT2D eigenvalue weighted by Gasteiger charge is 2.61. The van der Waals surface area contributed by atoms with E-state index >= 15 is 0 Å². The highest BCUT2D eigenvalue weighted by atomic mass is 14.7. The van der Waals surface area contributed by atoms with Crippen molar-refractivity contribution in [3.63, 3.8) is 0 Å². The van der Waals surface area contributed by atoms with Gasteiger partial charge in [-0.2, -0.15) is 0 Å². The molecule has 0 heterocycles.